The number of aromatic hydroxyl groups is 1. The Hall–Kier alpha value is -1.53. The molecule has 1 aromatic carbocycles. The topological polar surface area (TPSA) is 70.0 Å². The number of rotatable bonds is 1. The number of aryl methyl sites for hydroxylation is 1. The van der Waals surface area contributed by atoms with Crippen LogP contribution in [0.15, 0.2) is 18.2 Å². The number of phenolic OH excluding ortho intramolecular Hbond substituents is 1. The van der Waals surface area contributed by atoms with Gasteiger partial charge in [-0.05, 0) is 30.2 Å². The first-order valence-corrected chi connectivity index (χ1v) is 3.60. The smallest absolute Gasteiger partial charge is 0.118 e. The highest BCUT2D eigenvalue weighted by molar-refractivity contribution is 5.37. The molecule has 1 atom stereocenters. The summed E-state index contributed by atoms with van der Waals surface area (Å²) in [6, 6.07) is 6.22. The third-order valence-corrected chi connectivity index (χ3v) is 1.72. The van der Waals surface area contributed by atoms with Gasteiger partial charge in [-0.2, -0.15) is 5.26 Å². The maximum Gasteiger partial charge on any atom is 0.118 e. The van der Waals surface area contributed by atoms with Gasteiger partial charge < -0.3 is 10.8 Å². The summed E-state index contributed by atoms with van der Waals surface area (Å²) in [5.41, 5.74) is 6.93. The monoisotopic (exact) mass is 162 g/mol. The molecular formula is C9H10N2O. The Balaban J connectivity index is 3.06. The van der Waals surface area contributed by atoms with Crippen LogP contribution in [-0.4, -0.2) is 5.11 Å². The van der Waals surface area contributed by atoms with Crippen LogP contribution in [0.3, 0.4) is 0 Å². The number of phenols is 1. The highest BCUT2D eigenvalue weighted by Crippen LogP contribution is 2.19. The predicted octanol–water partition coefficient (Wildman–Crippen LogP) is 1.22. The molecule has 0 radical (unpaired) electrons. The molecule has 0 aliphatic rings. The maximum absolute atomic E-state index is 9.17. The molecule has 1 aromatic rings. The molecule has 0 heterocycles. The number of nitrogens with two attached hydrogens (primary N) is 1. The molecule has 0 aliphatic carbocycles. The minimum Gasteiger partial charge on any atom is -0.508 e. The lowest BCUT2D eigenvalue weighted by Gasteiger charge is -2.04. The minimum atomic E-state index is -0.607. The van der Waals surface area contributed by atoms with Gasteiger partial charge in [0.05, 0.1) is 6.07 Å². The fourth-order valence-corrected chi connectivity index (χ4v) is 0.947. The maximum atomic E-state index is 9.17. The first kappa shape index (κ1) is 8.57. The van der Waals surface area contributed by atoms with Gasteiger partial charge in [-0.25, -0.2) is 0 Å². The first-order valence-electron chi connectivity index (χ1n) is 3.60. The zero-order valence-corrected chi connectivity index (χ0v) is 6.78. The van der Waals surface area contributed by atoms with Crippen LogP contribution in [0, 0.1) is 18.3 Å². The average molecular weight is 162 g/mol. The van der Waals surface area contributed by atoms with E-state index >= 15 is 0 Å². The van der Waals surface area contributed by atoms with E-state index in [9.17, 15) is 5.11 Å². The highest BCUT2D eigenvalue weighted by Gasteiger charge is 2.04. The molecule has 0 aromatic heterocycles. The second-order valence-electron chi connectivity index (χ2n) is 2.65. The molecule has 0 unspecified atom stereocenters. The van der Waals surface area contributed by atoms with Crippen LogP contribution in [0.25, 0.3) is 0 Å². The Morgan fingerprint density at radius 2 is 2.25 bits per heavy atom. The van der Waals surface area contributed by atoms with Gasteiger partial charge in [-0.3, -0.25) is 0 Å². The summed E-state index contributed by atoms with van der Waals surface area (Å²) in [5, 5.41) is 17.7. The molecule has 0 saturated heterocycles. The molecule has 62 valence electrons. The first-order chi connectivity index (χ1) is 5.65. The summed E-state index contributed by atoms with van der Waals surface area (Å²) in [6.45, 7) is 1.77. The van der Waals surface area contributed by atoms with Crippen molar-refractivity contribution in [1.29, 1.82) is 5.26 Å². The van der Waals surface area contributed by atoms with Gasteiger partial charge in [-0.15, -0.1) is 0 Å². The Labute approximate surface area is 71.1 Å². The van der Waals surface area contributed by atoms with Gasteiger partial charge in [-0.1, -0.05) is 6.07 Å². The Morgan fingerprint density at radius 1 is 1.58 bits per heavy atom. The molecule has 12 heavy (non-hydrogen) atoms. The van der Waals surface area contributed by atoms with E-state index in [0.29, 0.717) is 0 Å². The van der Waals surface area contributed by atoms with E-state index in [1.54, 1.807) is 25.1 Å². The third kappa shape index (κ3) is 1.55. The molecule has 3 nitrogen and oxygen atoms in total. The summed E-state index contributed by atoms with van der Waals surface area (Å²) < 4.78 is 0. The second-order valence-corrected chi connectivity index (χ2v) is 2.65. The van der Waals surface area contributed by atoms with Crippen LogP contribution < -0.4 is 5.73 Å². The minimum absolute atomic E-state index is 0.226. The number of hydrogen-bond acceptors (Lipinski definition) is 3. The fraction of sp³-hybridized carbons (Fsp3) is 0.222. The van der Waals surface area contributed by atoms with Crippen molar-refractivity contribution in [2.75, 3.05) is 0 Å². The quantitative estimate of drug-likeness (QED) is 0.652. The van der Waals surface area contributed by atoms with Crippen LogP contribution >= 0.6 is 0 Å². The van der Waals surface area contributed by atoms with E-state index < -0.39 is 6.04 Å². The van der Waals surface area contributed by atoms with Crippen LogP contribution in [0.5, 0.6) is 5.75 Å². The van der Waals surface area contributed by atoms with E-state index in [4.69, 9.17) is 11.0 Å². The third-order valence-electron chi connectivity index (χ3n) is 1.72. The number of hydrogen-bond donors (Lipinski definition) is 2. The summed E-state index contributed by atoms with van der Waals surface area (Å²) in [6.07, 6.45) is 0. The van der Waals surface area contributed by atoms with Gasteiger partial charge in [0.2, 0.25) is 0 Å². The van der Waals surface area contributed by atoms with E-state index in [1.165, 1.54) is 0 Å². The van der Waals surface area contributed by atoms with Crippen molar-refractivity contribution in [3.05, 3.63) is 29.3 Å². The van der Waals surface area contributed by atoms with E-state index in [2.05, 4.69) is 0 Å². The van der Waals surface area contributed by atoms with Gasteiger partial charge >= 0.3 is 0 Å². The van der Waals surface area contributed by atoms with Crippen LogP contribution in [0.2, 0.25) is 0 Å². The van der Waals surface area contributed by atoms with E-state index in [-0.39, 0.29) is 5.75 Å². The Morgan fingerprint density at radius 3 is 2.75 bits per heavy atom. The molecule has 0 amide bonds. The van der Waals surface area contributed by atoms with Gasteiger partial charge in [0, 0.05) is 0 Å². The molecule has 1 rings (SSSR count). The summed E-state index contributed by atoms with van der Waals surface area (Å²) >= 11 is 0. The predicted molar refractivity (Wildman–Crippen MR) is 45.4 cm³/mol. The number of nitrogens with zero attached hydrogens (tertiary/aromatic N) is 1. The van der Waals surface area contributed by atoms with E-state index in [0.717, 1.165) is 11.1 Å². The zero-order valence-electron chi connectivity index (χ0n) is 6.78. The molecule has 3 heteroatoms. The second kappa shape index (κ2) is 3.24. The summed E-state index contributed by atoms with van der Waals surface area (Å²) in [5.74, 6) is 0.226. The van der Waals surface area contributed by atoms with Crippen LogP contribution in [0.1, 0.15) is 17.2 Å². The van der Waals surface area contributed by atoms with Gasteiger partial charge in [0.1, 0.15) is 11.8 Å². The van der Waals surface area contributed by atoms with Crippen molar-refractivity contribution in [2.24, 2.45) is 5.73 Å². The standard InChI is InChI=1S/C9H10N2O/c1-6-4-7(8(11)5-10)2-3-9(6)12/h2-4,8,12H,11H2,1H3/t8-/m1/s1. The Bertz CT molecular complexity index is 328. The molecule has 0 fully saturated rings. The van der Waals surface area contributed by atoms with Crippen molar-refractivity contribution in [1.82, 2.24) is 0 Å². The molecule has 0 spiro atoms. The molecule has 0 aliphatic heterocycles. The molecular weight excluding hydrogens is 152 g/mol. The van der Waals surface area contributed by atoms with Crippen molar-refractivity contribution in [3.63, 3.8) is 0 Å². The average Bonchev–Trinajstić information content (AvgIpc) is 2.08. The normalized spacial score (nSPS) is 12.1. The molecule has 0 saturated carbocycles. The largest absolute Gasteiger partial charge is 0.508 e. The zero-order chi connectivity index (χ0) is 9.14. The van der Waals surface area contributed by atoms with Gasteiger partial charge in [0.15, 0.2) is 0 Å². The lowest BCUT2D eigenvalue weighted by atomic mass is 10.1. The lowest BCUT2D eigenvalue weighted by Crippen LogP contribution is -2.06. The number of benzene rings is 1. The van der Waals surface area contributed by atoms with Crippen molar-refractivity contribution < 1.29 is 5.11 Å². The van der Waals surface area contributed by atoms with Crippen molar-refractivity contribution in [3.8, 4) is 11.8 Å². The fourth-order valence-electron chi connectivity index (χ4n) is 0.947. The Kier molecular flexibility index (Phi) is 2.32. The van der Waals surface area contributed by atoms with E-state index in [1.807, 2.05) is 6.07 Å². The van der Waals surface area contributed by atoms with Crippen molar-refractivity contribution in [2.45, 2.75) is 13.0 Å². The van der Waals surface area contributed by atoms with Crippen LogP contribution in [0.4, 0.5) is 0 Å². The van der Waals surface area contributed by atoms with Crippen molar-refractivity contribution >= 4 is 0 Å². The molecule has 3 N–H and O–H groups in total. The lowest BCUT2D eigenvalue weighted by molar-refractivity contribution is 0.471. The van der Waals surface area contributed by atoms with Gasteiger partial charge in [0.25, 0.3) is 0 Å². The summed E-state index contributed by atoms with van der Waals surface area (Å²) in [4.78, 5) is 0. The van der Waals surface area contributed by atoms with Crippen LogP contribution in [-0.2, 0) is 0 Å². The SMILES string of the molecule is Cc1cc([C@H](N)C#N)ccc1O. The highest BCUT2D eigenvalue weighted by atomic mass is 16.3. The number of nitriles is 1. The summed E-state index contributed by atoms with van der Waals surface area (Å²) in [7, 11) is 0. The molecule has 0 bridgehead atoms.